The molecule has 2 rings (SSSR count). The van der Waals surface area contributed by atoms with E-state index in [0.29, 0.717) is 12.1 Å². The van der Waals surface area contributed by atoms with E-state index in [0.717, 1.165) is 23.4 Å². The highest BCUT2D eigenvalue weighted by Crippen LogP contribution is 2.15. The number of nitrogens with zero attached hydrogens (tertiary/aromatic N) is 2. The third kappa shape index (κ3) is 3.71. The van der Waals surface area contributed by atoms with Gasteiger partial charge in [-0.05, 0) is 30.7 Å². The zero-order valence-electron chi connectivity index (χ0n) is 12.2. The molecule has 0 radical (unpaired) electrons. The molecular formula is C16H18N4O. The SMILES string of the molecule is CCc1nn(C)cc1NC(=O)c1ccc(C#CCN)cc1. The van der Waals surface area contributed by atoms with E-state index in [1.807, 2.05) is 26.1 Å². The van der Waals surface area contributed by atoms with Gasteiger partial charge in [-0.2, -0.15) is 5.10 Å². The summed E-state index contributed by atoms with van der Waals surface area (Å²) < 4.78 is 1.69. The van der Waals surface area contributed by atoms with Gasteiger partial charge < -0.3 is 11.1 Å². The van der Waals surface area contributed by atoms with Gasteiger partial charge in [0.1, 0.15) is 0 Å². The molecule has 0 aliphatic carbocycles. The van der Waals surface area contributed by atoms with Gasteiger partial charge in [0.2, 0.25) is 0 Å². The van der Waals surface area contributed by atoms with Gasteiger partial charge in [0, 0.05) is 24.4 Å². The predicted molar refractivity (Wildman–Crippen MR) is 82.9 cm³/mol. The molecule has 21 heavy (non-hydrogen) atoms. The lowest BCUT2D eigenvalue weighted by molar-refractivity contribution is 0.102. The van der Waals surface area contributed by atoms with Crippen LogP contribution in [0.3, 0.4) is 0 Å². The number of aryl methyl sites for hydroxylation is 2. The van der Waals surface area contributed by atoms with E-state index in [-0.39, 0.29) is 5.91 Å². The van der Waals surface area contributed by atoms with Gasteiger partial charge in [-0.3, -0.25) is 9.48 Å². The standard InChI is InChI=1S/C16H18N4O/c1-3-14-15(11-20(2)19-14)18-16(21)13-8-6-12(7-9-13)5-4-10-17/h6-9,11H,3,10,17H2,1-2H3,(H,18,21). The molecule has 3 N–H and O–H groups in total. The number of nitrogens with two attached hydrogens (primary N) is 1. The highest BCUT2D eigenvalue weighted by molar-refractivity contribution is 6.04. The molecule has 0 atom stereocenters. The first-order chi connectivity index (χ1) is 10.1. The van der Waals surface area contributed by atoms with Crippen molar-refractivity contribution in [3.05, 3.63) is 47.3 Å². The Hall–Kier alpha value is -2.58. The van der Waals surface area contributed by atoms with Gasteiger partial charge in [0.25, 0.3) is 5.91 Å². The first kappa shape index (κ1) is 14.8. The summed E-state index contributed by atoms with van der Waals surface area (Å²) >= 11 is 0. The number of anilines is 1. The van der Waals surface area contributed by atoms with Gasteiger partial charge in [-0.1, -0.05) is 18.8 Å². The van der Waals surface area contributed by atoms with Crippen LogP contribution < -0.4 is 11.1 Å². The number of amides is 1. The van der Waals surface area contributed by atoms with Crippen molar-refractivity contribution in [1.29, 1.82) is 0 Å². The average Bonchev–Trinajstić information content (AvgIpc) is 2.85. The Morgan fingerprint density at radius 1 is 1.38 bits per heavy atom. The van der Waals surface area contributed by atoms with E-state index in [1.54, 1.807) is 23.0 Å². The van der Waals surface area contributed by atoms with E-state index in [9.17, 15) is 4.79 Å². The normalized spacial score (nSPS) is 9.86. The van der Waals surface area contributed by atoms with Gasteiger partial charge in [0.05, 0.1) is 17.9 Å². The number of benzene rings is 1. The second-order valence-electron chi connectivity index (χ2n) is 4.55. The maximum absolute atomic E-state index is 12.2. The zero-order chi connectivity index (χ0) is 15.2. The minimum atomic E-state index is -0.156. The highest BCUT2D eigenvalue weighted by atomic mass is 16.1. The van der Waals surface area contributed by atoms with Crippen LogP contribution in [0.5, 0.6) is 0 Å². The average molecular weight is 282 g/mol. The molecule has 0 aliphatic rings. The van der Waals surface area contributed by atoms with Crippen molar-refractivity contribution in [1.82, 2.24) is 9.78 Å². The maximum atomic E-state index is 12.2. The first-order valence-corrected chi connectivity index (χ1v) is 6.77. The van der Waals surface area contributed by atoms with Crippen molar-refractivity contribution in [3.63, 3.8) is 0 Å². The Labute approximate surface area is 124 Å². The van der Waals surface area contributed by atoms with E-state index >= 15 is 0 Å². The fourth-order valence-corrected chi connectivity index (χ4v) is 1.95. The minimum Gasteiger partial charge on any atom is -0.320 e. The van der Waals surface area contributed by atoms with Crippen LogP contribution in [0.25, 0.3) is 0 Å². The fraction of sp³-hybridized carbons (Fsp3) is 0.250. The van der Waals surface area contributed by atoms with Crippen molar-refractivity contribution in [3.8, 4) is 11.8 Å². The number of hydrogen-bond acceptors (Lipinski definition) is 3. The summed E-state index contributed by atoms with van der Waals surface area (Å²) in [6.07, 6.45) is 2.57. The molecule has 0 bridgehead atoms. The van der Waals surface area contributed by atoms with Gasteiger partial charge in [-0.15, -0.1) is 0 Å². The van der Waals surface area contributed by atoms with Crippen molar-refractivity contribution in [2.45, 2.75) is 13.3 Å². The van der Waals surface area contributed by atoms with Gasteiger partial charge in [0.15, 0.2) is 0 Å². The molecule has 108 valence electrons. The van der Waals surface area contributed by atoms with Crippen molar-refractivity contribution >= 4 is 11.6 Å². The molecule has 5 nitrogen and oxygen atoms in total. The van der Waals surface area contributed by atoms with E-state index in [1.165, 1.54) is 0 Å². The lowest BCUT2D eigenvalue weighted by Gasteiger charge is -2.04. The molecule has 0 spiro atoms. The Kier molecular flexibility index (Phi) is 4.75. The van der Waals surface area contributed by atoms with E-state index in [4.69, 9.17) is 5.73 Å². The maximum Gasteiger partial charge on any atom is 0.255 e. The molecule has 1 amide bonds. The van der Waals surface area contributed by atoms with Crippen molar-refractivity contribution < 1.29 is 4.79 Å². The smallest absolute Gasteiger partial charge is 0.255 e. The van der Waals surface area contributed by atoms with Crippen LogP contribution in [0, 0.1) is 11.8 Å². The Balaban J connectivity index is 2.13. The van der Waals surface area contributed by atoms with Crippen LogP contribution in [-0.2, 0) is 13.5 Å². The fourth-order valence-electron chi connectivity index (χ4n) is 1.95. The summed E-state index contributed by atoms with van der Waals surface area (Å²) in [5.41, 5.74) is 8.37. The quantitative estimate of drug-likeness (QED) is 0.839. The van der Waals surface area contributed by atoms with Crippen LogP contribution in [-0.4, -0.2) is 22.2 Å². The minimum absolute atomic E-state index is 0.156. The first-order valence-electron chi connectivity index (χ1n) is 6.77. The molecular weight excluding hydrogens is 264 g/mol. The van der Waals surface area contributed by atoms with Gasteiger partial charge in [-0.25, -0.2) is 0 Å². The topological polar surface area (TPSA) is 72.9 Å². The van der Waals surface area contributed by atoms with Crippen LogP contribution in [0.15, 0.2) is 30.5 Å². The molecule has 0 aliphatic heterocycles. The second-order valence-corrected chi connectivity index (χ2v) is 4.55. The third-order valence-corrected chi connectivity index (χ3v) is 2.97. The number of nitrogens with one attached hydrogen (secondary N) is 1. The molecule has 0 unspecified atom stereocenters. The van der Waals surface area contributed by atoms with Crippen LogP contribution in [0.4, 0.5) is 5.69 Å². The van der Waals surface area contributed by atoms with Crippen molar-refractivity contribution in [2.24, 2.45) is 12.8 Å². The molecule has 1 heterocycles. The Morgan fingerprint density at radius 3 is 2.71 bits per heavy atom. The number of aromatic nitrogens is 2. The van der Waals surface area contributed by atoms with Crippen LogP contribution >= 0.6 is 0 Å². The van der Waals surface area contributed by atoms with Crippen LogP contribution in [0.1, 0.15) is 28.5 Å². The van der Waals surface area contributed by atoms with Gasteiger partial charge >= 0.3 is 0 Å². The summed E-state index contributed by atoms with van der Waals surface area (Å²) in [5, 5.41) is 7.18. The number of carbonyl (C=O) groups excluding carboxylic acids is 1. The summed E-state index contributed by atoms with van der Waals surface area (Å²) in [4.78, 5) is 12.2. The van der Waals surface area contributed by atoms with Crippen LogP contribution in [0.2, 0.25) is 0 Å². The second kappa shape index (κ2) is 6.73. The molecule has 0 saturated heterocycles. The van der Waals surface area contributed by atoms with Crippen molar-refractivity contribution in [2.75, 3.05) is 11.9 Å². The molecule has 5 heteroatoms. The number of rotatable bonds is 3. The summed E-state index contributed by atoms with van der Waals surface area (Å²) in [6, 6.07) is 7.11. The molecule has 1 aromatic carbocycles. The Bertz CT molecular complexity index is 689. The molecule has 0 fully saturated rings. The molecule has 2 aromatic rings. The molecule has 0 saturated carbocycles. The van der Waals surface area contributed by atoms with E-state index < -0.39 is 0 Å². The Morgan fingerprint density at radius 2 is 2.10 bits per heavy atom. The lowest BCUT2D eigenvalue weighted by atomic mass is 10.1. The number of hydrogen-bond donors (Lipinski definition) is 2. The summed E-state index contributed by atoms with van der Waals surface area (Å²) in [5.74, 6) is 5.54. The third-order valence-electron chi connectivity index (χ3n) is 2.97. The van der Waals surface area contributed by atoms with E-state index in [2.05, 4.69) is 22.3 Å². The number of carbonyl (C=O) groups is 1. The summed E-state index contributed by atoms with van der Waals surface area (Å²) in [6.45, 7) is 2.33. The zero-order valence-corrected chi connectivity index (χ0v) is 12.2. The highest BCUT2D eigenvalue weighted by Gasteiger charge is 2.11. The summed E-state index contributed by atoms with van der Waals surface area (Å²) in [7, 11) is 1.83. The lowest BCUT2D eigenvalue weighted by Crippen LogP contribution is -2.12. The predicted octanol–water partition coefficient (Wildman–Crippen LogP) is 1.54. The largest absolute Gasteiger partial charge is 0.320 e. The monoisotopic (exact) mass is 282 g/mol. The molecule has 1 aromatic heterocycles.